The summed E-state index contributed by atoms with van der Waals surface area (Å²) in [5.74, 6) is 1.09. The van der Waals surface area contributed by atoms with Crippen molar-refractivity contribution in [3.8, 4) is 0 Å². The Kier molecular flexibility index (Phi) is 4.40. The predicted molar refractivity (Wildman–Crippen MR) is 86.4 cm³/mol. The zero-order valence-corrected chi connectivity index (χ0v) is 13.5. The van der Waals surface area contributed by atoms with Crippen molar-refractivity contribution < 1.29 is 0 Å². The second kappa shape index (κ2) is 5.74. The summed E-state index contributed by atoms with van der Waals surface area (Å²) in [7, 11) is 0. The van der Waals surface area contributed by atoms with Crippen molar-refractivity contribution >= 4 is 22.6 Å². The molecule has 0 spiro atoms. The van der Waals surface area contributed by atoms with Crippen LogP contribution in [0.5, 0.6) is 0 Å². The molecule has 0 saturated carbocycles. The Morgan fingerprint density at radius 1 is 1.30 bits per heavy atom. The van der Waals surface area contributed by atoms with Crippen molar-refractivity contribution in [2.24, 2.45) is 5.73 Å². The molecule has 1 aromatic carbocycles. The van der Waals surface area contributed by atoms with E-state index < -0.39 is 0 Å². The van der Waals surface area contributed by atoms with Gasteiger partial charge < -0.3 is 10.3 Å². The number of imidazole rings is 1. The molecule has 4 heteroatoms. The van der Waals surface area contributed by atoms with Gasteiger partial charge in [-0.05, 0) is 44.9 Å². The lowest BCUT2D eigenvalue weighted by Gasteiger charge is -2.31. The molecule has 2 aromatic rings. The van der Waals surface area contributed by atoms with Crippen molar-refractivity contribution in [1.82, 2.24) is 9.55 Å². The monoisotopic (exact) mass is 293 g/mol. The van der Waals surface area contributed by atoms with Crippen LogP contribution in [0.3, 0.4) is 0 Å². The second-order valence-electron chi connectivity index (χ2n) is 5.72. The molecule has 20 heavy (non-hydrogen) atoms. The minimum absolute atomic E-state index is 0.0598. The van der Waals surface area contributed by atoms with E-state index >= 15 is 0 Å². The number of hydrogen-bond donors (Lipinski definition) is 1. The molecule has 0 fully saturated rings. The molecule has 2 rings (SSSR count). The van der Waals surface area contributed by atoms with E-state index in [1.807, 2.05) is 12.1 Å². The number of aromatic nitrogens is 2. The summed E-state index contributed by atoms with van der Waals surface area (Å²) >= 11 is 6.10. The highest BCUT2D eigenvalue weighted by molar-refractivity contribution is 6.31. The van der Waals surface area contributed by atoms with Gasteiger partial charge in [0.25, 0.3) is 0 Å². The van der Waals surface area contributed by atoms with Gasteiger partial charge in [-0.1, -0.05) is 25.4 Å². The first-order valence-corrected chi connectivity index (χ1v) is 7.75. The highest BCUT2D eigenvalue weighted by Crippen LogP contribution is 2.35. The molecule has 0 aliphatic heterocycles. The molecule has 0 aliphatic carbocycles. The van der Waals surface area contributed by atoms with Crippen LogP contribution >= 0.6 is 11.6 Å². The highest BCUT2D eigenvalue weighted by atomic mass is 35.5. The fourth-order valence-corrected chi connectivity index (χ4v) is 3.08. The van der Waals surface area contributed by atoms with E-state index in [4.69, 9.17) is 22.3 Å². The average molecular weight is 294 g/mol. The normalized spacial score (nSPS) is 12.6. The second-order valence-corrected chi connectivity index (χ2v) is 6.16. The van der Waals surface area contributed by atoms with Crippen LogP contribution in [0.2, 0.25) is 5.02 Å². The van der Waals surface area contributed by atoms with Gasteiger partial charge in [0.05, 0.1) is 11.0 Å². The number of benzene rings is 1. The molecule has 0 radical (unpaired) electrons. The van der Waals surface area contributed by atoms with Crippen LogP contribution in [-0.4, -0.2) is 16.1 Å². The first kappa shape index (κ1) is 15.3. The molecule has 110 valence electrons. The van der Waals surface area contributed by atoms with E-state index in [-0.39, 0.29) is 5.41 Å². The van der Waals surface area contributed by atoms with E-state index in [0.29, 0.717) is 12.6 Å². The molecule has 0 bridgehead atoms. The zero-order valence-electron chi connectivity index (χ0n) is 12.8. The maximum atomic E-state index is 6.10. The summed E-state index contributed by atoms with van der Waals surface area (Å²) < 4.78 is 2.31. The molecule has 0 amide bonds. The van der Waals surface area contributed by atoms with Crippen molar-refractivity contribution in [1.29, 1.82) is 0 Å². The number of nitrogens with zero attached hydrogens (tertiary/aromatic N) is 2. The van der Waals surface area contributed by atoms with Gasteiger partial charge in [0.1, 0.15) is 5.82 Å². The van der Waals surface area contributed by atoms with Gasteiger partial charge in [0.2, 0.25) is 0 Å². The maximum absolute atomic E-state index is 6.10. The molecule has 2 N–H and O–H groups in total. The number of rotatable bonds is 5. The molecule has 0 aliphatic rings. The van der Waals surface area contributed by atoms with Crippen LogP contribution in [0.15, 0.2) is 18.2 Å². The molecule has 3 nitrogen and oxygen atoms in total. The Hall–Kier alpha value is -1.06. The van der Waals surface area contributed by atoms with Crippen molar-refractivity contribution in [2.45, 2.75) is 52.0 Å². The minimum Gasteiger partial charge on any atom is -0.329 e. The van der Waals surface area contributed by atoms with E-state index in [1.165, 1.54) is 0 Å². The predicted octanol–water partition coefficient (Wildman–Crippen LogP) is 4.29. The van der Waals surface area contributed by atoms with Crippen LogP contribution in [-0.2, 0) is 5.41 Å². The van der Waals surface area contributed by atoms with Crippen molar-refractivity contribution in [2.75, 3.05) is 6.54 Å². The summed E-state index contributed by atoms with van der Waals surface area (Å²) in [6.07, 6.45) is 1.98. The maximum Gasteiger partial charge on any atom is 0.117 e. The third-order valence-corrected chi connectivity index (χ3v) is 4.62. The fraction of sp³-hybridized carbons (Fsp3) is 0.562. The number of fused-ring (bicyclic) bond motifs is 1. The Balaban J connectivity index is 2.77. The SMILES string of the molecule is CCC(CC)(CN)c1nc2cc(Cl)ccc2n1C(C)C. The van der Waals surface area contributed by atoms with Crippen LogP contribution in [0.4, 0.5) is 0 Å². The van der Waals surface area contributed by atoms with Gasteiger partial charge in [-0.2, -0.15) is 0 Å². The Bertz CT molecular complexity index is 589. The topological polar surface area (TPSA) is 43.8 Å². The lowest BCUT2D eigenvalue weighted by molar-refractivity contribution is 0.359. The quantitative estimate of drug-likeness (QED) is 0.894. The van der Waals surface area contributed by atoms with E-state index in [0.717, 1.165) is 34.7 Å². The Morgan fingerprint density at radius 3 is 2.45 bits per heavy atom. The third-order valence-electron chi connectivity index (χ3n) is 4.39. The van der Waals surface area contributed by atoms with Crippen molar-refractivity contribution in [3.63, 3.8) is 0 Å². The largest absolute Gasteiger partial charge is 0.329 e. The average Bonchev–Trinajstić information content (AvgIpc) is 2.80. The van der Waals surface area contributed by atoms with Gasteiger partial charge in [-0.3, -0.25) is 0 Å². The molecule has 1 aromatic heterocycles. The van der Waals surface area contributed by atoms with Crippen LogP contribution in [0.1, 0.15) is 52.4 Å². The summed E-state index contributed by atoms with van der Waals surface area (Å²) in [6, 6.07) is 6.27. The highest BCUT2D eigenvalue weighted by Gasteiger charge is 2.33. The molecule has 0 unspecified atom stereocenters. The molecule has 1 heterocycles. The third kappa shape index (κ3) is 2.33. The first-order valence-electron chi connectivity index (χ1n) is 7.37. The lowest BCUT2D eigenvalue weighted by atomic mass is 9.81. The zero-order chi connectivity index (χ0) is 14.9. The summed E-state index contributed by atoms with van der Waals surface area (Å²) in [5.41, 5.74) is 8.14. The van der Waals surface area contributed by atoms with Gasteiger partial charge in [-0.25, -0.2) is 4.98 Å². The summed E-state index contributed by atoms with van der Waals surface area (Å²) in [6.45, 7) is 9.36. The molecule has 0 atom stereocenters. The van der Waals surface area contributed by atoms with Crippen LogP contribution in [0.25, 0.3) is 11.0 Å². The van der Waals surface area contributed by atoms with Gasteiger partial charge in [-0.15, -0.1) is 0 Å². The van der Waals surface area contributed by atoms with Crippen LogP contribution < -0.4 is 5.73 Å². The fourth-order valence-electron chi connectivity index (χ4n) is 2.91. The number of hydrogen-bond acceptors (Lipinski definition) is 2. The Morgan fingerprint density at radius 2 is 1.95 bits per heavy atom. The standard InChI is InChI=1S/C16H24ClN3/c1-5-16(6-2,10-18)15-19-13-9-12(17)7-8-14(13)20(15)11(3)4/h7-9,11H,5-6,10,18H2,1-4H3. The lowest BCUT2D eigenvalue weighted by Crippen LogP contribution is -2.37. The molecule has 0 saturated heterocycles. The van der Waals surface area contributed by atoms with E-state index in [2.05, 4.69) is 38.3 Å². The van der Waals surface area contributed by atoms with Gasteiger partial charge >= 0.3 is 0 Å². The summed E-state index contributed by atoms with van der Waals surface area (Å²) in [4.78, 5) is 4.88. The van der Waals surface area contributed by atoms with Crippen molar-refractivity contribution in [3.05, 3.63) is 29.0 Å². The van der Waals surface area contributed by atoms with E-state index in [1.54, 1.807) is 0 Å². The summed E-state index contributed by atoms with van der Waals surface area (Å²) in [5, 5.41) is 0.726. The van der Waals surface area contributed by atoms with Crippen LogP contribution in [0, 0.1) is 0 Å². The minimum atomic E-state index is -0.0598. The first-order chi connectivity index (χ1) is 9.49. The smallest absolute Gasteiger partial charge is 0.117 e. The number of nitrogens with two attached hydrogens (primary N) is 1. The number of halogens is 1. The molecular formula is C16H24ClN3. The molecular weight excluding hydrogens is 270 g/mol. The van der Waals surface area contributed by atoms with E-state index in [9.17, 15) is 0 Å². The van der Waals surface area contributed by atoms with Gasteiger partial charge in [0.15, 0.2) is 0 Å². The van der Waals surface area contributed by atoms with Gasteiger partial charge in [0, 0.05) is 23.0 Å². The Labute approximate surface area is 126 Å².